The molecule has 0 radical (unpaired) electrons. The molecular weight excluding hydrogens is 419 g/mol. The van der Waals surface area contributed by atoms with Crippen molar-refractivity contribution in [1.82, 2.24) is 9.78 Å². The highest BCUT2D eigenvalue weighted by molar-refractivity contribution is 7.80. The second-order valence-electron chi connectivity index (χ2n) is 5.82. The quantitative estimate of drug-likeness (QED) is 0.526. The van der Waals surface area contributed by atoms with E-state index < -0.39 is 0 Å². The number of nitrogens with zero attached hydrogens (tertiary/aromatic N) is 2. The molecule has 0 amide bonds. The average Bonchev–Trinajstić information content (AvgIpc) is 3.11. The largest absolute Gasteiger partial charge is 0.497 e. The Labute approximate surface area is 178 Å². The zero-order valence-corrected chi connectivity index (χ0v) is 17.5. The molecule has 0 saturated heterocycles. The Kier molecular flexibility index (Phi) is 6.61. The molecule has 0 aliphatic carbocycles. The lowest BCUT2D eigenvalue weighted by molar-refractivity contribution is 0.405. The predicted octanol–water partition coefficient (Wildman–Crippen LogP) is 5.06. The van der Waals surface area contributed by atoms with E-state index >= 15 is 0 Å². The van der Waals surface area contributed by atoms with Crippen molar-refractivity contribution >= 4 is 51.9 Å². The molecule has 6 nitrogen and oxygen atoms in total. The van der Waals surface area contributed by atoms with Crippen LogP contribution in [-0.4, -0.2) is 29.1 Å². The van der Waals surface area contributed by atoms with Crippen LogP contribution in [0.4, 0.5) is 11.4 Å². The molecule has 28 heavy (non-hydrogen) atoms. The van der Waals surface area contributed by atoms with Crippen LogP contribution in [0.1, 0.15) is 5.56 Å². The monoisotopic (exact) mass is 436 g/mol. The molecule has 1 heterocycles. The second-order valence-corrected chi connectivity index (χ2v) is 7.04. The van der Waals surface area contributed by atoms with Crippen molar-refractivity contribution in [1.29, 1.82) is 0 Å². The summed E-state index contributed by atoms with van der Waals surface area (Å²) in [5.74, 6) is 1.35. The van der Waals surface area contributed by atoms with Crippen molar-refractivity contribution in [3.8, 4) is 11.5 Å². The molecule has 0 spiro atoms. The van der Waals surface area contributed by atoms with Crippen molar-refractivity contribution in [2.45, 2.75) is 6.54 Å². The summed E-state index contributed by atoms with van der Waals surface area (Å²) in [7, 11) is 3.20. The van der Waals surface area contributed by atoms with E-state index in [-0.39, 0.29) is 0 Å². The van der Waals surface area contributed by atoms with Crippen LogP contribution in [0.3, 0.4) is 0 Å². The first-order valence-corrected chi connectivity index (χ1v) is 9.41. The first-order valence-electron chi connectivity index (χ1n) is 8.25. The maximum absolute atomic E-state index is 6.06. The van der Waals surface area contributed by atoms with Gasteiger partial charge < -0.3 is 20.1 Å². The summed E-state index contributed by atoms with van der Waals surface area (Å²) in [6.45, 7) is 0.558. The highest BCUT2D eigenvalue weighted by Gasteiger charge is 2.08. The summed E-state index contributed by atoms with van der Waals surface area (Å²) >= 11 is 17.4. The van der Waals surface area contributed by atoms with Gasteiger partial charge in [0.25, 0.3) is 0 Å². The van der Waals surface area contributed by atoms with Crippen LogP contribution in [0.2, 0.25) is 10.0 Å². The molecule has 0 aliphatic heterocycles. The lowest BCUT2D eigenvalue weighted by Gasteiger charge is -2.13. The Balaban J connectivity index is 1.65. The van der Waals surface area contributed by atoms with E-state index in [4.69, 9.17) is 44.9 Å². The lowest BCUT2D eigenvalue weighted by atomic mass is 10.2. The standard InChI is InChI=1S/C19H18Cl2N4O2S/c1-26-14-4-6-18(27-2)17(8-14)24-19(28)23-13-9-22-25(11-13)10-12-3-5-15(20)16(21)7-12/h3-9,11H,10H2,1-2H3,(H2,23,24,28). The first kappa shape index (κ1) is 20.3. The van der Waals surface area contributed by atoms with Crippen LogP contribution in [0.5, 0.6) is 11.5 Å². The van der Waals surface area contributed by atoms with Crippen molar-refractivity contribution < 1.29 is 9.47 Å². The van der Waals surface area contributed by atoms with E-state index in [1.807, 2.05) is 24.4 Å². The van der Waals surface area contributed by atoms with Crippen LogP contribution in [0.25, 0.3) is 0 Å². The summed E-state index contributed by atoms with van der Waals surface area (Å²) in [4.78, 5) is 0. The van der Waals surface area contributed by atoms with Crippen LogP contribution >= 0.6 is 35.4 Å². The molecule has 146 valence electrons. The zero-order valence-electron chi connectivity index (χ0n) is 15.2. The van der Waals surface area contributed by atoms with Gasteiger partial charge in [0.05, 0.1) is 48.4 Å². The van der Waals surface area contributed by atoms with Crippen LogP contribution in [0, 0.1) is 0 Å². The number of halogens is 2. The molecular formula is C19H18Cl2N4O2S. The third kappa shape index (κ3) is 5.07. The molecule has 3 rings (SSSR count). The van der Waals surface area contributed by atoms with Crippen LogP contribution in [0.15, 0.2) is 48.8 Å². The molecule has 0 unspecified atom stereocenters. The van der Waals surface area contributed by atoms with Crippen molar-refractivity contribution in [2.75, 3.05) is 24.9 Å². The minimum Gasteiger partial charge on any atom is -0.497 e. The minimum atomic E-state index is 0.403. The number of benzene rings is 2. The number of thiocarbonyl (C=S) groups is 1. The smallest absolute Gasteiger partial charge is 0.175 e. The average molecular weight is 437 g/mol. The molecule has 0 fully saturated rings. The highest BCUT2D eigenvalue weighted by Crippen LogP contribution is 2.29. The third-order valence-corrected chi connectivity index (χ3v) is 4.82. The summed E-state index contributed by atoms with van der Waals surface area (Å²) in [6, 6.07) is 10.9. The molecule has 0 bridgehead atoms. The van der Waals surface area contributed by atoms with Gasteiger partial charge in [0, 0.05) is 12.3 Å². The fourth-order valence-corrected chi connectivity index (χ4v) is 3.08. The van der Waals surface area contributed by atoms with Gasteiger partial charge in [-0.25, -0.2) is 0 Å². The van der Waals surface area contributed by atoms with Gasteiger partial charge in [-0.3, -0.25) is 4.68 Å². The number of ether oxygens (including phenoxy) is 2. The maximum Gasteiger partial charge on any atom is 0.175 e. The Hall–Kier alpha value is -2.48. The van der Waals surface area contributed by atoms with E-state index in [1.165, 1.54) is 0 Å². The van der Waals surface area contributed by atoms with Gasteiger partial charge in [0.2, 0.25) is 0 Å². The number of rotatable bonds is 6. The van der Waals surface area contributed by atoms with Crippen molar-refractivity contribution in [2.24, 2.45) is 0 Å². The van der Waals surface area contributed by atoms with E-state index in [1.54, 1.807) is 43.3 Å². The van der Waals surface area contributed by atoms with Gasteiger partial charge in [-0.15, -0.1) is 0 Å². The van der Waals surface area contributed by atoms with Crippen LogP contribution < -0.4 is 20.1 Å². The summed E-state index contributed by atoms with van der Waals surface area (Å²) in [5.41, 5.74) is 2.44. The second kappa shape index (κ2) is 9.14. The van der Waals surface area contributed by atoms with Gasteiger partial charge in [0.15, 0.2) is 5.11 Å². The Morgan fingerprint density at radius 3 is 2.61 bits per heavy atom. The number of methoxy groups -OCH3 is 2. The summed E-state index contributed by atoms with van der Waals surface area (Å²) in [5, 5.41) is 12.0. The van der Waals surface area contributed by atoms with E-state index in [0.717, 1.165) is 11.3 Å². The molecule has 9 heteroatoms. The number of hydrogen-bond donors (Lipinski definition) is 2. The Morgan fingerprint density at radius 2 is 1.89 bits per heavy atom. The number of anilines is 2. The van der Waals surface area contributed by atoms with Gasteiger partial charge in [-0.1, -0.05) is 29.3 Å². The number of nitrogens with one attached hydrogen (secondary N) is 2. The normalized spacial score (nSPS) is 10.4. The molecule has 1 aromatic heterocycles. The molecule has 0 saturated carbocycles. The van der Waals surface area contributed by atoms with Gasteiger partial charge in [0.1, 0.15) is 11.5 Å². The van der Waals surface area contributed by atoms with Gasteiger partial charge in [-0.2, -0.15) is 5.10 Å². The van der Waals surface area contributed by atoms with Gasteiger partial charge in [-0.05, 0) is 42.0 Å². The predicted molar refractivity (Wildman–Crippen MR) is 117 cm³/mol. The van der Waals surface area contributed by atoms with Gasteiger partial charge >= 0.3 is 0 Å². The Morgan fingerprint density at radius 1 is 1.07 bits per heavy atom. The maximum atomic E-state index is 6.06. The lowest BCUT2D eigenvalue weighted by Crippen LogP contribution is -2.19. The molecule has 0 atom stereocenters. The molecule has 0 aliphatic rings. The highest BCUT2D eigenvalue weighted by atomic mass is 35.5. The first-order chi connectivity index (χ1) is 13.5. The van der Waals surface area contributed by atoms with E-state index in [9.17, 15) is 0 Å². The van der Waals surface area contributed by atoms with E-state index in [2.05, 4.69) is 15.7 Å². The topological polar surface area (TPSA) is 60.3 Å². The van der Waals surface area contributed by atoms with Crippen molar-refractivity contribution in [3.05, 3.63) is 64.4 Å². The number of hydrogen-bond acceptors (Lipinski definition) is 4. The Bertz CT molecular complexity index is 994. The van der Waals surface area contributed by atoms with E-state index in [0.29, 0.717) is 38.9 Å². The number of aromatic nitrogens is 2. The zero-order chi connectivity index (χ0) is 20.1. The molecule has 2 aromatic carbocycles. The summed E-state index contributed by atoms with van der Waals surface area (Å²) in [6.07, 6.45) is 3.54. The fraction of sp³-hybridized carbons (Fsp3) is 0.158. The third-order valence-electron chi connectivity index (χ3n) is 3.87. The fourth-order valence-electron chi connectivity index (χ4n) is 2.54. The molecule has 3 aromatic rings. The SMILES string of the molecule is COc1ccc(OC)c(NC(=S)Nc2cnn(Cc3ccc(Cl)c(Cl)c3)c2)c1. The summed E-state index contributed by atoms with van der Waals surface area (Å²) < 4.78 is 12.4. The molecule has 2 N–H and O–H groups in total. The van der Waals surface area contributed by atoms with Crippen LogP contribution in [-0.2, 0) is 6.54 Å². The van der Waals surface area contributed by atoms with Crippen molar-refractivity contribution in [3.63, 3.8) is 0 Å². The minimum absolute atomic E-state index is 0.403.